The molecule has 1 fully saturated rings. The van der Waals surface area contributed by atoms with Gasteiger partial charge in [0.15, 0.2) is 0 Å². The van der Waals surface area contributed by atoms with E-state index in [9.17, 15) is 14.7 Å². The second kappa shape index (κ2) is 10.7. The van der Waals surface area contributed by atoms with Gasteiger partial charge in [0, 0.05) is 43.3 Å². The summed E-state index contributed by atoms with van der Waals surface area (Å²) in [5.74, 6) is 0.248. The van der Waals surface area contributed by atoms with Gasteiger partial charge in [0.1, 0.15) is 11.9 Å². The third kappa shape index (κ3) is 5.51. The number of hydrogen-bond donors (Lipinski definition) is 3. The summed E-state index contributed by atoms with van der Waals surface area (Å²) in [6, 6.07) is 8.72. The number of benzene rings is 1. The molecule has 0 spiro atoms. The summed E-state index contributed by atoms with van der Waals surface area (Å²) in [6.07, 6.45) is 7.53. The van der Waals surface area contributed by atoms with E-state index in [1.54, 1.807) is 23.0 Å². The molecule has 2 aliphatic rings. The number of carboxylic acid groups (broad SMARTS) is 1. The number of nitrogens with zero attached hydrogens (tertiary/aromatic N) is 4. The molecule has 4 heterocycles. The Kier molecular flexibility index (Phi) is 7.18. The van der Waals surface area contributed by atoms with Crippen LogP contribution in [0.15, 0.2) is 36.5 Å². The lowest BCUT2D eigenvalue weighted by Crippen LogP contribution is -2.43. The second-order valence-electron chi connectivity index (χ2n) is 10.0. The van der Waals surface area contributed by atoms with E-state index in [1.165, 1.54) is 12.0 Å². The summed E-state index contributed by atoms with van der Waals surface area (Å²) in [4.78, 5) is 31.8. The number of hydrogen-bond acceptors (Lipinski definition) is 6. The van der Waals surface area contributed by atoms with Crippen molar-refractivity contribution in [3.63, 3.8) is 0 Å². The minimum atomic E-state index is -1.01. The number of carbonyl (C=O) groups is 2. The van der Waals surface area contributed by atoms with E-state index < -0.39 is 12.0 Å². The standard InChI is InChI=1S/C27H34N6O3/c1-32-24-15-20(5-6-21(24)16-29-32)26(34)31-23(27(35)36)11-14-33-13-10-18(17-33)4-8-22-9-7-19-3-2-12-28-25(19)30-22/h5-7,9,15-16,18,23H,2-4,8,10-14,17H2,1H3,(H,28,30)(H,31,34)(H,35,36)/t18-,23-/m0/s1. The number of anilines is 1. The summed E-state index contributed by atoms with van der Waals surface area (Å²) in [5, 5.41) is 21.0. The number of carboxylic acids is 1. The zero-order chi connectivity index (χ0) is 25.1. The lowest BCUT2D eigenvalue weighted by Gasteiger charge is -2.20. The topological polar surface area (TPSA) is 112 Å². The molecular formula is C27H34N6O3. The highest BCUT2D eigenvalue weighted by Crippen LogP contribution is 2.24. The van der Waals surface area contributed by atoms with E-state index in [0.717, 1.165) is 67.7 Å². The van der Waals surface area contributed by atoms with Crippen molar-refractivity contribution < 1.29 is 14.7 Å². The van der Waals surface area contributed by atoms with Crippen LogP contribution < -0.4 is 10.6 Å². The highest BCUT2D eigenvalue weighted by Gasteiger charge is 2.26. The maximum Gasteiger partial charge on any atom is 0.326 e. The van der Waals surface area contributed by atoms with E-state index in [0.29, 0.717) is 24.4 Å². The van der Waals surface area contributed by atoms with Crippen LogP contribution in [0.3, 0.4) is 0 Å². The first-order valence-corrected chi connectivity index (χ1v) is 12.9. The van der Waals surface area contributed by atoms with Crippen LogP contribution in [0, 0.1) is 5.92 Å². The first-order valence-electron chi connectivity index (χ1n) is 12.9. The lowest BCUT2D eigenvalue weighted by atomic mass is 10.00. The van der Waals surface area contributed by atoms with Gasteiger partial charge < -0.3 is 20.6 Å². The molecule has 1 aromatic carbocycles. The quantitative estimate of drug-likeness (QED) is 0.423. The maximum atomic E-state index is 12.8. The number of pyridine rings is 1. The molecule has 1 saturated heterocycles. The Morgan fingerprint density at radius 2 is 2.17 bits per heavy atom. The van der Waals surface area contributed by atoms with Crippen molar-refractivity contribution in [3.05, 3.63) is 53.3 Å². The summed E-state index contributed by atoms with van der Waals surface area (Å²) in [6.45, 7) is 3.57. The highest BCUT2D eigenvalue weighted by atomic mass is 16.4. The molecule has 0 unspecified atom stereocenters. The van der Waals surface area contributed by atoms with Gasteiger partial charge in [-0.2, -0.15) is 5.10 Å². The van der Waals surface area contributed by atoms with E-state index in [2.05, 4.69) is 32.8 Å². The molecule has 1 amide bonds. The molecule has 2 aromatic heterocycles. The molecule has 36 heavy (non-hydrogen) atoms. The molecule has 2 aliphatic heterocycles. The number of aliphatic carboxylic acids is 1. The zero-order valence-electron chi connectivity index (χ0n) is 20.7. The Balaban J connectivity index is 1.10. The Morgan fingerprint density at radius 1 is 1.28 bits per heavy atom. The fraction of sp³-hybridized carbons (Fsp3) is 0.481. The first-order chi connectivity index (χ1) is 17.5. The van der Waals surface area contributed by atoms with Crippen LogP contribution in [0.5, 0.6) is 0 Å². The van der Waals surface area contributed by atoms with Gasteiger partial charge in [-0.05, 0) is 74.8 Å². The van der Waals surface area contributed by atoms with Gasteiger partial charge in [0.2, 0.25) is 0 Å². The maximum absolute atomic E-state index is 12.8. The fourth-order valence-electron chi connectivity index (χ4n) is 5.31. The molecule has 0 radical (unpaired) electrons. The third-order valence-corrected chi connectivity index (χ3v) is 7.48. The molecule has 190 valence electrons. The van der Waals surface area contributed by atoms with Crippen LogP contribution in [0.25, 0.3) is 10.9 Å². The predicted molar refractivity (Wildman–Crippen MR) is 138 cm³/mol. The lowest BCUT2D eigenvalue weighted by molar-refractivity contribution is -0.139. The molecule has 3 aromatic rings. The number of likely N-dealkylation sites (tertiary alicyclic amines) is 1. The molecule has 0 aliphatic carbocycles. The highest BCUT2D eigenvalue weighted by molar-refractivity contribution is 5.99. The van der Waals surface area contributed by atoms with Crippen molar-refractivity contribution in [2.45, 2.75) is 44.6 Å². The number of carbonyl (C=O) groups excluding carboxylic acids is 1. The third-order valence-electron chi connectivity index (χ3n) is 7.48. The van der Waals surface area contributed by atoms with Gasteiger partial charge >= 0.3 is 5.97 Å². The van der Waals surface area contributed by atoms with Crippen LogP contribution in [-0.4, -0.2) is 68.9 Å². The largest absolute Gasteiger partial charge is 0.480 e. The normalized spacial score (nSPS) is 18.5. The summed E-state index contributed by atoms with van der Waals surface area (Å²) in [5.41, 5.74) is 3.72. The second-order valence-corrected chi connectivity index (χ2v) is 10.0. The van der Waals surface area contributed by atoms with Crippen LogP contribution >= 0.6 is 0 Å². The Morgan fingerprint density at radius 3 is 3.03 bits per heavy atom. The number of fused-ring (bicyclic) bond motifs is 2. The number of amides is 1. The van der Waals surface area contributed by atoms with Gasteiger partial charge in [-0.1, -0.05) is 12.1 Å². The Bertz CT molecular complexity index is 1260. The van der Waals surface area contributed by atoms with Crippen molar-refractivity contribution >= 4 is 28.6 Å². The average molecular weight is 491 g/mol. The smallest absolute Gasteiger partial charge is 0.326 e. The molecule has 2 atom stereocenters. The first kappa shape index (κ1) is 24.2. The number of aromatic nitrogens is 3. The molecular weight excluding hydrogens is 456 g/mol. The number of aryl methyl sites for hydroxylation is 3. The molecule has 5 rings (SSSR count). The summed E-state index contributed by atoms with van der Waals surface area (Å²) >= 11 is 0. The number of rotatable bonds is 9. The molecule has 0 bridgehead atoms. The van der Waals surface area contributed by atoms with Gasteiger partial charge in [-0.15, -0.1) is 0 Å². The molecule has 9 nitrogen and oxygen atoms in total. The van der Waals surface area contributed by atoms with E-state index in [1.807, 2.05) is 13.1 Å². The van der Waals surface area contributed by atoms with Gasteiger partial charge in [-0.25, -0.2) is 9.78 Å². The van der Waals surface area contributed by atoms with Gasteiger partial charge in [-0.3, -0.25) is 9.48 Å². The predicted octanol–water partition coefficient (Wildman–Crippen LogP) is 2.85. The van der Waals surface area contributed by atoms with Crippen LogP contribution in [0.1, 0.15) is 47.3 Å². The summed E-state index contributed by atoms with van der Waals surface area (Å²) < 4.78 is 1.70. The molecule has 9 heteroatoms. The van der Waals surface area contributed by atoms with Crippen LogP contribution in [0.4, 0.5) is 5.82 Å². The van der Waals surface area contributed by atoms with E-state index >= 15 is 0 Å². The van der Waals surface area contributed by atoms with Gasteiger partial charge in [0.05, 0.1) is 11.7 Å². The van der Waals surface area contributed by atoms with Crippen LogP contribution in [0.2, 0.25) is 0 Å². The Labute approximate surface area is 210 Å². The van der Waals surface area contributed by atoms with Crippen molar-refractivity contribution in [3.8, 4) is 0 Å². The van der Waals surface area contributed by atoms with Crippen molar-refractivity contribution in [2.75, 3.05) is 31.5 Å². The van der Waals surface area contributed by atoms with Crippen LogP contribution in [-0.2, 0) is 24.7 Å². The minimum Gasteiger partial charge on any atom is -0.480 e. The number of nitrogens with one attached hydrogen (secondary N) is 2. The molecule has 0 saturated carbocycles. The summed E-state index contributed by atoms with van der Waals surface area (Å²) in [7, 11) is 1.81. The van der Waals surface area contributed by atoms with Crippen molar-refractivity contribution in [2.24, 2.45) is 13.0 Å². The van der Waals surface area contributed by atoms with E-state index in [4.69, 9.17) is 4.98 Å². The fourth-order valence-corrected chi connectivity index (χ4v) is 5.31. The average Bonchev–Trinajstić information content (AvgIpc) is 3.50. The minimum absolute atomic E-state index is 0.375. The molecule has 3 N–H and O–H groups in total. The van der Waals surface area contributed by atoms with Crippen molar-refractivity contribution in [1.29, 1.82) is 0 Å². The zero-order valence-corrected chi connectivity index (χ0v) is 20.7. The SMILES string of the molecule is Cn1ncc2ccc(C(=O)N[C@@H](CCN3CC[C@H](CCc4ccc5c(n4)NCCC5)C3)C(=O)O)cc21. The Hall–Kier alpha value is -3.46. The van der Waals surface area contributed by atoms with E-state index in [-0.39, 0.29) is 5.91 Å². The van der Waals surface area contributed by atoms with Gasteiger partial charge in [0.25, 0.3) is 5.91 Å². The monoisotopic (exact) mass is 490 g/mol. The van der Waals surface area contributed by atoms with Crippen molar-refractivity contribution in [1.82, 2.24) is 25.0 Å².